The molecule has 0 unspecified atom stereocenters. The van der Waals surface area contributed by atoms with Crippen LogP contribution < -0.4 is 14.8 Å². The van der Waals surface area contributed by atoms with Crippen LogP contribution in [-0.4, -0.2) is 13.1 Å². The predicted octanol–water partition coefficient (Wildman–Crippen LogP) is 8.52. The molecule has 2 heterocycles. The summed E-state index contributed by atoms with van der Waals surface area (Å²) in [6.07, 6.45) is -5.12. The normalized spacial score (nSPS) is 14.0. The average molecular weight is 574 g/mol. The minimum Gasteiger partial charge on any atom is -0.488 e. The van der Waals surface area contributed by atoms with Gasteiger partial charge in [-0.1, -0.05) is 30.3 Å². The van der Waals surface area contributed by atoms with Crippen LogP contribution in [0.5, 0.6) is 11.5 Å². The molecule has 10 heteroatoms. The molecule has 5 rings (SSSR count). The van der Waals surface area contributed by atoms with Crippen LogP contribution in [0.25, 0.3) is 16.9 Å². The number of para-hydroxylation sites is 2. The van der Waals surface area contributed by atoms with Crippen LogP contribution in [-0.2, 0) is 25.6 Å². The molecule has 4 aromatic rings. The molecule has 0 radical (unpaired) electrons. The first-order valence-electron chi connectivity index (χ1n) is 12.8. The lowest BCUT2D eigenvalue weighted by atomic mass is 9.90. The minimum absolute atomic E-state index is 0.182. The Kier molecular flexibility index (Phi) is 8.12. The van der Waals surface area contributed by atoms with E-state index in [0.717, 1.165) is 17.7 Å². The molecule has 1 aromatic heterocycles. The summed E-state index contributed by atoms with van der Waals surface area (Å²) >= 11 is 0. The van der Waals surface area contributed by atoms with Crippen molar-refractivity contribution in [3.8, 4) is 22.8 Å². The summed E-state index contributed by atoms with van der Waals surface area (Å²) in [5.74, 6) is -0.194. The van der Waals surface area contributed by atoms with E-state index in [1.165, 1.54) is 42.7 Å². The molecule has 0 fully saturated rings. The fourth-order valence-corrected chi connectivity index (χ4v) is 4.72. The van der Waals surface area contributed by atoms with Gasteiger partial charge in [0.2, 0.25) is 0 Å². The van der Waals surface area contributed by atoms with Gasteiger partial charge < -0.3 is 19.2 Å². The Morgan fingerprint density at radius 3 is 1.78 bits per heavy atom. The molecule has 0 saturated carbocycles. The van der Waals surface area contributed by atoms with E-state index in [9.17, 15) is 26.3 Å². The third-order valence-electron chi connectivity index (χ3n) is 6.68. The SMILES string of the molecule is FC(F)(F)c1ccccc1OCc1cc(-c2ccco2)c(COc2ccccc2C(F)(F)F)cc1C1=CCNCC1. The van der Waals surface area contributed by atoms with E-state index in [0.29, 0.717) is 47.5 Å². The zero-order valence-corrected chi connectivity index (χ0v) is 21.6. The number of ether oxygens (including phenoxy) is 2. The number of benzene rings is 3. The number of halogens is 6. The smallest absolute Gasteiger partial charge is 0.419 e. The molecule has 0 atom stereocenters. The van der Waals surface area contributed by atoms with Gasteiger partial charge in [-0.2, -0.15) is 26.3 Å². The van der Waals surface area contributed by atoms with Crippen molar-refractivity contribution in [1.82, 2.24) is 5.32 Å². The van der Waals surface area contributed by atoms with Gasteiger partial charge >= 0.3 is 12.4 Å². The lowest BCUT2D eigenvalue weighted by molar-refractivity contribution is -0.139. The lowest BCUT2D eigenvalue weighted by Gasteiger charge is -2.22. The second kappa shape index (κ2) is 11.7. The molecule has 214 valence electrons. The first-order valence-corrected chi connectivity index (χ1v) is 12.8. The van der Waals surface area contributed by atoms with Gasteiger partial charge in [-0.05, 0) is 78.2 Å². The number of alkyl halides is 6. The molecule has 0 amide bonds. The molecule has 1 aliphatic rings. The zero-order chi connectivity index (χ0) is 29.0. The summed E-state index contributed by atoms with van der Waals surface area (Å²) < 4.78 is 98.5. The number of furan rings is 1. The Morgan fingerprint density at radius 2 is 1.27 bits per heavy atom. The molecule has 1 aliphatic heterocycles. The second-order valence-electron chi connectivity index (χ2n) is 9.39. The first kappa shape index (κ1) is 28.4. The van der Waals surface area contributed by atoms with E-state index in [1.807, 2.05) is 6.08 Å². The lowest BCUT2D eigenvalue weighted by Crippen LogP contribution is -2.20. The van der Waals surface area contributed by atoms with Crippen molar-refractivity contribution in [2.75, 3.05) is 13.1 Å². The highest BCUT2D eigenvalue weighted by molar-refractivity contribution is 5.75. The molecule has 0 aliphatic carbocycles. The molecule has 1 N–H and O–H groups in total. The number of rotatable bonds is 8. The number of nitrogens with one attached hydrogen (secondary N) is 1. The highest BCUT2D eigenvalue weighted by Gasteiger charge is 2.35. The summed E-state index contributed by atoms with van der Waals surface area (Å²) in [7, 11) is 0. The zero-order valence-electron chi connectivity index (χ0n) is 21.6. The van der Waals surface area contributed by atoms with Crippen molar-refractivity contribution < 1.29 is 40.2 Å². The Balaban J connectivity index is 1.55. The van der Waals surface area contributed by atoms with Crippen molar-refractivity contribution in [2.45, 2.75) is 32.0 Å². The van der Waals surface area contributed by atoms with E-state index in [1.54, 1.807) is 24.3 Å². The maximum atomic E-state index is 13.6. The molecule has 0 spiro atoms. The first-order chi connectivity index (χ1) is 19.6. The molecular weight excluding hydrogens is 548 g/mol. The van der Waals surface area contributed by atoms with E-state index in [2.05, 4.69) is 5.32 Å². The van der Waals surface area contributed by atoms with Crippen molar-refractivity contribution >= 4 is 5.57 Å². The third kappa shape index (κ3) is 6.59. The largest absolute Gasteiger partial charge is 0.488 e. The van der Waals surface area contributed by atoms with E-state index in [4.69, 9.17) is 13.9 Å². The number of hydrogen-bond donors (Lipinski definition) is 1. The Bertz CT molecular complexity index is 1520. The van der Waals surface area contributed by atoms with E-state index >= 15 is 0 Å². The maximum Gasteiger partial charge on any atom is 0.419 e. The van der Waals surface area contributed by atoms with Gasteiger partial charge in [-0.15, -0.1) is 0 Å². The van der Waals surface area contributed by atoms with Crippen molar-refractivity contribution in [3.05, 3.63) is 113 Å². The van der Waals surface area contributed by atoms with E-state index < -0.39 is 23.5 Å². The highest BCUT2D eigenvalue weighted by Crippen LogP contribution is 2.39. The summed E-state index contributed by atoms with van der Waals surface area (Å²) in [5, 5.41) is 3.22. The van der Waals surface area contributed by atoms with Crippen LogP contribution in [0.2, 0.25) is 0 Å². The monoisotopic (exact) mass is 573 g/mol. The molecule has 4 nitrogen and oxygen atoms in total. The van der Waals surface area contributed by atoms with Crippen molar-refractivity contribution in [2.24, 2.45) is 0 Å². The van der Waals surface area contributed by atoms with Crippen LogP contribution in [0.4, 0.5) is 26.3 Å². The summed E-state index contributed by atoms with van der Waals surface area (Å²) in [6.45, 7) is 0.893. The highest BCUT2D eigenvalue weighted by atomic mass is 19.4. The van der Waals surface area contributed by atoms with Gasteiger partial charge in [-0.3, -0.25) is 0 Å². The maximum absolute atomic E-state index is 13.6. The fourth-order valence-electron chi connectivity index (χ4n) is 4.72. The Morgan fingerprint density at radius 1 is 0.707 bits per heavy atom. The summed E-state index contributed by atoms with van der Waals surface area (Å²) in [6, 6.07) is 16.8. The summed E-state index contributed by atoms with van der Waals surface area (Å²) in [4.78, 5) is 0. The average Bonchev–Trinajstić information content (AvgIpc) is 3.50. The van der Waals surface area contributed by atoms with Gasteiger partial charge in [0.15, 0.2) is 0 Å². The second-order valence-corrected chi connectivity index (χ2v) is 9.39. The Hall–Kier alpha value is -4.18. The van der Waals surface area contributed by atoms with Gasteiger partial charge in [0, 0.05) is 17.7 Å². The van der Waals surface area contributed by atoms with Gasteiger partial charge in [-0.25, -0.2) is 0 Å². The van der Waals surface area contributed by atoms with Crippen molar-refractivity contribution in [3.63, 3.8) is 0 Å². The molecule has 3 aromatic carbocycles. The number of hydrogen-bond acceptors (Lipinski definition) is 4. The Labute approximate surface area is 232 Å². The minimum atomic E-state index is -4.60. The quantitative estimate of drug-likeness (QED) is 0.215. The van der Waals surface area contributed by atoms with Crippen LogP contribution in [0.3, 0.4) is 0 Å². The summed E-state index contributed by atoms with van der Waals surface area (Å²) in [5.41, 5.74) is 1.55. The van der Waals surface area contributed by atoms with Gasteiger partial charge in [0.25, 0.3) is 0 Å². The van der Waals surface area contributed by atoms with Crippen LogP contribution in [0.15, 0.2) is 89.6 Å². The fraction of sp³-hybridized carbons (Fsp3) is 0.226. The topological polar surface area (TPSA) is 43.6 Å². The molecule has 0 saturated heterocycles. The van der Waals surface area contributed by atoms with E-state index in [-0.39, 0.29) is 24.7 Å². The van der Waals surface area contributed by atoms with Crippen molar-refractivity contribution in [1.29, 1.82) is 0 Å². The molecule has 0 bridgehead atoms. The van der Waals surface area contributed by atoms with Crippen LogP contribution in [0, 0.1) is 0 Å². The standard InChI is InChI=1S/C31H25F6NO3/c32-30(33,34)25-6-1-3-8-28(25)40-18-21-17-24(27-10-5-15-39-27)22(16-23(21)20-11-13-38-14-12-20)19-41-29-9-4-2-7-26(29)31(35,36)37/h1-11,15-17,38H,12-14,18-19H2. The van der Waals surface area contributed by atoms with Crippen LogP contribution in [0.1, 0.15) is 34.2 Å². The van der Waals surface area contributed by atoms with Gasteiger partial charge in [0.05, 0.1) is 17.4 Å². The predicted molar refractivity (Wildman–Crippen MR) is 141 cm³/mol. The third-order valence-corrected chi connectivity index (χ3v) is 6.68. The molecule has 41 heavy (non-hydrogen) atoms. The van der Waals surface area contributed by atoms with Crippen LogP contribution >= 0.6 is 0 Å². The molecular formula is C31H25F6NO3. The van der Waals surface area contributed by atoms with Gasteiger partial charge in [0.1, 0.15) is 30.5 Å².